The summed E-state index contributed by atoms with van der Waals surface area (Å²) in [4.78, 5) is 36.8. The van der Waals surface area contributed by atoms with Gasteiger partial charge in [-0.2, -0.15) is 0 Å². The lowest BCUT2D eigenvalue weighted by Crippen LogP contribution is -2.42. The lowest BCUT2D eigenvalue weighted by atomic mass is 10.1. The first-order valence-corrected chi connectivity index (χ1v) is 5.76. The van der Waals surface area contributed by atoms with E-state index in [1.807, 2.05) is 0 Å². The summed E-state index contributed by atoms with van der Waals surface area (Å²) in [7, 11) is 1.51. The van der Waals surface area contributed by atoms with Crippen LogP contribution in [0, 0.1) is 0 Å². The van der Waals surface area contributed by atoms with Crippen LogP contribution in [0.5, 0.6) is 0 Å². The first-order chi connectivity index (χ1) is 9.06. The summed E-state index contributed by atoms with van der Waals surface area (Å²) in [6.45, 7) is 0.408. The van der Waals surface area contributed by atoms with E-state index in [2.05, 4.69) is 10.3 Å². The van der Waals surface area contributed by atoms with Crippen molar-refractivity contribution < 1.29 is 19.4 Å². The SMILES string of the molecule is COCCCC(NC(=O)c1c[nH]ccc1=O)C(=O)O. The molecular formula is C12H16N2O5. The van der Waals surface area contributed by atoms with Gasteiger partial charge in [-0.05, 0) is 12.8 Å². The molecule has 1 heterocycles. The van der Waals surface area contributed by atoms with Crippen LogP contribution < -0.4 is 10.7 Å². The van der Waals surface area contributed by atoms with Crippen LogP contribution >= 0.6 is 0 Å². The molecule has 7 nitrogen and oxygen atoms in total. The van der Waals surface area contributed by atoms with Crippen LogP contribution in [-0.2, 0) is 9.53 Å². The Balaban J connectivity index is 2.69. The minimum absolute atomic E-state index is 0.111. The number of hydrogen-bond acceptors (Lipinski definition) is 4. The predicted octanol–water partition coefficient (Wildman–Crippen LogP) is -0.0155. The number of aliphatic carboxylic acids is 1. The first-order valence-electron chi connectivity index (χ1n) is 5.76. The van der Waals surface area contributed by atoms with E-state index in [9.17, 15) is 14.4 Å². The van der Waals surface area contributed by atoms with E-state index < -0.39 is 23.3 Å². The van der Waals surface area contributed by atoms with E-state index in [0.29, 0.717) is 13.0 Å². The Morgan fingerprint density at radius 2 is 2.26 bits per heavy atom. The number of rotatable bonds is 7. The molecule has 0 radical (unpaired) electrons. The minimum atomic E-state index is -1.14. The van der Waals surface area contributed by atoms with Crippen LogP contribution in [0.15, 0.2) is 23.3 Å². The highest BCUT2D eigenvalue weighted by Gasteiger charge is 2.21. The molecule has 3 N–H and O–H groups in total. The van der Waals surface area contributed by atoms with Crippen molar-refractivity contribution in [2.75, 3.05) is 13.7 Å². The van der Waals surface area contributed by atoms with E-state index in [1.165, 1.54) is 25.6 Å². The molecule has 1 aromatic heterocycles. The predicted molar refractivity (Wildman–Crippen MR) is 67.1 cm³/mol. The van der Waals surface area contributed by atoms with Crippen molar-refractivity contribution in [1.82, 2.24) is 10.3 Å². The number of pyridine rings is 1. The molecule has 1 rings (SSSR count). The van der Waals surface area contributed by atoms with Crippen molar-refractivity contribution >= 4 is 11.9 Å². The number of aromatic nitrogens is 1. The van der Waals surface area contributed by atoms with Gasteiger partial charge in [-0.3, -0.25) is 9.59 Å². The number of H-pyrrole nitrogens is 1. The molecule has 0 aliphatic carbocycles. The lowest BCUT2D eigenvalue weighted by molar-refractivity contribution is -0.139. The Hall–Kier alpha value is -2.15. The van der Waals surface area contributed by atoms with E-state index >= 15 is 0 Å². The van der Waals surface area contributed by atoms with Gasteiger partial charge in [0.25, 0.3) is 5.91 Å². The number of amides is 1. The molecule has 0 saturated carbocycles. The largest absolute Gasteiger partial charge is 0.480 e. The zero-order valence-corrected chi connectivity index (χ0v) is 10.5. The Kier molecular flexibility index (Phi) is 5.74. The molecule has 0 saturated heterocycles. The molecule has 0 fully saturated rings. The van der Waals surface area contributed by atoms with Gasteiger partial charge >= 0.3 is 5.97 Å². The maximum atomic E-state index is 11.8. The topological polar surface area (TPSA) is 108 Å². The van der Waals surface area contributed by atoms with Gasteiger partial charge in [0.1, 0.15) is 11.6 Å². The maximum Gasteiger partial charge on any atom is 0.326 e. The van der Waals surface area contributed by atoms with Crippen molar-refractivity contribution in [1.29, 1.82) is 0 Å². The number of aromatic amines is 1. The van der Waals surface area contributed by atoms with Crippen molar-refractivity contribution in [3.05, 3.63) is 34.2 Å². The second-order valence-corrected chi connectivity index (χ2v) is 3.92. The van der Waals surface area contributed by atoms with Gasteiger partial charge in [0.2, 0.25) is 0 Å². The van der Waals surface area contributed by atoms with Gasteiger partial charge in [0.05, 0.1) is 0 Å². The number of ether oxygens (including phenoxy) is 1. The zero-order valence-electron chi connectivity index (χ0n) is 10.5. The van der Waals surface area contributed by atoms with Crippen molar-refractivity contribution in [2.45, 2.75) is 18.9 Å². The summed E-state index contributed by atoms with van der Waals surface area (Å²) >= 11 is 0. The Morgan fingerprint density at radius 3 is 2.84 bits per heavy atom. The number of carboxylic acids is 1. The molecule has 1 aromatic rings. The summed E-state index contributed by atoms with van der Waals surface area (Å²) in [6.07, 6.45) is 3.37. The van der Waals surface area contributed by atoms with E-state index in [1.54, 1.807) is 0 Å². The highest BCUT2D eigenvalue weighted by Crippen LogP contribution is 2.00. The molecule has 1 unspecified atom stereocenters. The number of hydrogen-bond donors (Lipinski definition) is 3. The van der Waals surface area contributed by atoms with Crippen molar-refractivity contribution in [2.24, 2.45) is 0 Å². The van der Waals surface area contributed by atoms with E-state index in [-0.39, 0.29) is 12.0 Å². The number of carboxylic acid groups (broad SMARTS) is 1. The quantitative estimate of drug-likeness (QED) is 0.602. The summed E-state index contributed by atoms with van der Waals surface area (Å²) in [5.74, 6) is -1.84. The molecular weight excluding hydrogens is 252 g/mol. The van der Waals surface area contributed by atoms with Gasteiger partial charge in [-0.15, -0.1) is 0 Å². The monoisotopic (exact) mass is 268 g/mol. The number of carbonyl (C=O) groups excluding carboxylic acids is 1. The minimum Gasteiger partial charge on any atom is -0.480 e. The molecule has 7 heteroatoms. The Morgan fingerprint density at radius 1 is 1.53 bits per heavy atom. The third kappa shape index (κ3) is 4.55. The smallest absolute Gasteiger partial charge is 0.326 e. The van der Waals surface area contributed by atoms with Crippen molar-refractivity contribution in [3.8, 4) is 0 Å². The molecule has 1 amide bonds. The summed E-state index contributed by atoms with van der Waals surface area (Å²) in [5.41, 5.74) is -0.572. The standard InChI is InChI=1S/C12H16N2O5/c1-19-6-2-3-9(12(17)18)14-11(16)8-7-13-5-4-10(8)15/h4-5,7,9H,2-3,6H2,1H3,(H,13,15)(H,14,16)(H,17,18). The van der Waals surface area contributed by atoms with Gasteiger partial charge < -0.3 is 20.1 Å². The summed E-state index contributed by atoms with van der Waals surface area (Å²) < 4.78 is 4.82. The fourth-order valence-corrected chi connectivity index (χ4v) is 1.52. The van der Waals surface area contributed by atoms with Gasteiger partial charge in [-0.1, -0.05) is 0 Å². The average Bonchev–Trinajstić information content (AvgIpc) is 2.38. The highest BCUT2D eigenvalue weighted by molar-refractivity contribution is 5.96. The molecule has 19 heavy (non-hydrogen) atoms. The molecule has 0 spiro atoms. The van der Waals surface area contributed by atoms with Crippen LogP contribution in [-0.4, -0.2) is 41.7 Å². The van der Waals surface area contributed by atoms with E-state index in [0.717, 1.165) is 0 Å². The van der Waals surface area contributed by atoms with Crippen LogP contribution in [0.25, 0.3) is 0 Å². The first kappa shape index (κ1) is 14.9. The fraction of sp³-hybridized carbons (Fsp3) is 0.417. The summed E-state index contributed by atoms with van der Waals surface area (Å²) in [5, 5.41) is 11.3. The fourth-order valence-electron chi connectivity index (χ4n) is 1.52. The van der Waals surface area contributed by atoms with Crippen LogP contribution in [0.1, 0.15) is 23.2 Å². The molecule has 0 bridgehead atoms. The molecule has 104 valence electrons. The average molecular weight is 268 g/mol. The van der Waals surface area contributed by atoms with E-state index in [4.69, 9.17) is 9.84 Å². The normalized spacial score (nSPS) is 11.8. The molecule has 1 atom stereocenters. The Labute approximate surface area is 109 Å². The number of carbonyl (C=O) groups is 2. The van der Waals surface area contributed by atoms with Gasteiger partial charge in [-0.25, -0.2) is 4.79 Å². The Bertz CT molecular complexity index is 497. The van der Waals surface area contributed by atoms with Crippen molar-refractivity contribution in [3.63, 3.8) is 0 Å². The van der Waals surface area contributed by atoms with Crippen LogP contribution in [0.2, 0.25) is 0 Å². The number of nitrogens with one attached hydrogen (secondary N) is 2. The third-order valence-corrected chi connectivity index (χ3v) is 2.51. The maximum absolute atomic E-state index is 11.8. The van der Waals surface area contributed by atoms with Gasteiger partial charge in [0, 0.05) is 32.2 Å². The van der Waals surface area contributed by atoms with Crippen LogP contribution in [0.4, 0.5) is 0 Å². The molecule has 0 aliphatic heterocycles. The second kappa shape index (κ2) is 7.32. The lowest BCUT2D eigenvalue weighted by Gasteiger charge is -2.13. The highest BCUT2D eigenvalue weighted by atomic mass is 16.5. The van der Waals surface area contributed by atoms with Crippen LogP contribution in [0.3, 0.4) is 0 Å². The third-order valence-electron chi connectivity index (χ3n) is 2.51. The molecule has 0 aliphatic rings. The molecule has 0 aromatic carbocycles. The summed E-state index contributed by atoms with van der Waals surface area (Å²) in [6, 6.07) is 0.164. The number of methoxy groups -OCH3 is 1. The zero-order chi connectivity index (χ0) is 14.3. The second-order valence-electron chi connectivity index (χ2n) is 3.92. The van der Waals surface area contributed by atoms with Gasteiger partial charge in [0.15, 0.2) is 5.43 Å².